The maximum absolute atomic E-state index is 13.1. The maximum atomic E-state index is 13.1. The van der Waals surface area contributed by atoms with Crippen LogP contribution in [0.25, 0.3) is 10.4 Å². The second kappa shape index (κ2) is 14.0. The van der Waals surface area contributed by atoms with Crippen LogP contribution >= 0.6 is 0 Å². The van der Waals surface area contributed by atoms with E-state index in [1.165, 1.54) is 5.12 Å². The van der Waals surface area contributed by atoms with E-state index in [2.05, 4.69) is 62.6 Å². The van der Waals surface area contributed by atoms with E-state index >= 15 is 0 Å². The predicted molar refractivity (Wildman–Crippen MR) is 154 cm³/mol. The zero-order chi connectivity index (χ0) is 29.1. The predicted octanol–water partition coefficient (Wildman–Crippen LogP) is 3.08. The van der Waals surface area contributed by atoms with Gasteiger partial charge in [0.1, 0.15) is 38.7 Å². The van der Waals surface area contributed by atoms with E-state index in [-0.39, 0.29) is 19.0 Å². The summed E-state index contributed by atoms with van der Waals surface area (Å²) in [5.74, 6) is 3.89. The molecule has 0 fully saturated rings. The molecule has 0 radical (unpaired) electrons. The van der Waals surface area contributed by atoms with Gasteiger partial charge in [0.05, 0.1) is 26.0 Å². The Morgan fingerprint density at radius 1 is 1.00 bits per heavy atom. The van der Waals surface area contributed by atoms with Crippen LogP contribution < -0.4 is 31.0 Å². The molecule has 210 valence electrons. The number of hydrogen-bond donors (Lipinski definition) is 4. The van der Waals surface area contributed by atoms with Crippen LogP contribution in [0.4, 0.5) is 0 Å². The summed E-state index contributed by atoms with van der Waals surface area (Å²) in [4.78, 5) is 28.1. The van der Waals surface area contributed by atoms with Crippen LogP contribution in [-0.4, -0.2) is 52.3 Å². The molecule has 2 aromatic rings. The summed E-state index contributed by atoms with van der Waals surface area (Å²) in [6, 6.07) is 13.5. The van der Waals surface area contributed by atoms with E-state index in [0.717, 1.165) is 11.1 Å². The number of carbonyl (C=O) groups is 2. The van der Waals surface area contributed by atoms with Crippen molar-refractivity contribution in [1.29, 1.82) is 0 Å². The Balaban J connectivity index is 1.71. The summed E-state index contributed by atoms with van der Waals surface area (Å²) < 4.78 is 10.5. The molecule has 1 aliphatic heterocycles. The molecule has 3 rings (SSSR count). The molecule has 1 heterocycles. The van der Waals surface area contributed by atoms with Crippen LogP contribution in [0.1, 0.15) is 23.2 Å². The first kappa shape index (κ1) is 29.9. The number of carbonyl (C=O) groups excluding carboxylic acids is 2. The van der Waals surface area contributed by atoms with Crippen molar-refractivity contribution in [2.45, 2.75) is 31.7 Å². The molecule has 2 aromatic carbocycles. The number of azide groups is 1. The number of hydrogen-bond acceptors (Lipinski definition) is 8. The van der Waals surface area contributed by atoms with Crippen molar-refractivity contribution in [2.24, 2.45) is 5.11 Å². The monoisotopic (exact) mass is 562 g/mol. The number of amides is 2. The van der Waals surface area contributed by atoms with Gasteiger partial charge in [-0.2, -0.15) is 0 Å². The molecule has 0 saturated carbocycles. The molecule has 0 spiro atoms. The number of benzene rings is 2. The van der Waals surface area contributed by atoms with Crippen LogP contribution in [0.5, 0.6) is 11.5 Å². The van der Waals surface area contributed by atoms with Gasteiger partial charge in [0.2, 0.25) is 11.8 Å². The fourth-order valence-electron chi connectivity index (χ4n) is 3.68. The lowest BCUT2D eigenvalue weighted by Crippen LogP contribution is -2.47. The average Bonchev–Trinajstić information content (AvgIpc) is 3.40. The van der Waals surface area contributed by atoms with Crippen LogP contribution in [-0.2, 0) is 9.59 Å². The molecule has 13 heteroatoms. The number of methoxy groups -OCH3 is 2. The summed E-state index contributed by atoms with van der Waals surface area (Å²) in [7, 11) is 1.48. The molecule has 0 aliphatic carbocycles. The van der Waals surface area contributed by atoms with Crippen molar-refractivity contribution in [2.75, 3.05) is 27.3 Å². The SMILES string of the molecule is COc1ccc(C(C#C[Si](C)(C)C)NC(=O)CN2NC=C(C(NC(=O)CN=[N+]=[N-])c3ccc(OC)cc3)N2)cc1. The Hall–Kier alpha value is -4.63. The summed E-state index contributed by atoms with van der Waals surface area (Å²) in [6.07, 6.45) is 1.65. The third-order valence-electron chi connectivity index (χ3n) is 5.63. The Bertz CT molecular complexity index is 1320. The largest absolute Gasteiger partial charge is 0.497 e. The minimum atomic E-state index is -1.69. The van der Waals surface area contributed by atoms with Gasteiger partial charge >= 0.3 is 0 Å². The third-order valence-corrected chi connectivity index (χ3v) is 6.52. The van der Waals surface area contributed by atoms with Crippen molar-refractivity contribution < 1.29 is 19.1 Å². The molecule has 2 atom stereocenters. The highest BCUT2D eigenvalue weighted by Gasteiger charge is 2.26. The second-order valence-electron chi connectivity index (χ2n) is 9.88. The molecule has 1 aliphatic rings. The lowest BCUT2D eigenvalue weighted by atomic mass is 10.0. The number of rotatable bonds is 11. The zero-order valence-electron chi connectivity index (χ0n) is 23.2. The quantitative estimate of drug-likeness (QED) is 0.108. The van der Waals surface area contributed by atoms with Crippen molar-refractivity contribution >= 4 is 19.9 Å². The minimum Gasteiger partial charge on any atom is -0.497 e. The molecule has 12 nitrogen and oxygen atoms in total. The lowest BCUT2D eigenvalue weighted by molar-refractivity contribution is -0.124. The fourth-order valence-corrected chi connectivity index (χ4v) is 4.26. The van der Waals surface area contributed by atoms with Crippen molar-refractivity contribution in [3.63, 3.8) is 0 Å². The highest BCUT2D eigenvalue weighted by molar-refractivity contribution is 6.83. The zero-order valence-corrected chi connectivity index (χ0v) is 24.2. The van der Waals surface area contributed by atoms with E-state index in [0.29, 0.717) is 17.2 Å². The summed E-state index contributed by atoms with van der Waals surface area (Å²) in [5.41, 5.74) is 20.2. The third kappa shape index (κ3) is 8.99. The maximum Gasteiger partial charge on any atom is 0.239 e. The first-order chi connectivity index (χ1) is 19.1. The van der Waals surface area contributed by atoms with E-state index in [4.69, 9.17) is 15.0 Å². The Kier molecular flexibility index (Phi) is 10.4. The molecular weight excluding hydrogens is 528 g/mol. The van der Waals surface area contributed by atoms with Gasteiger partial charge in [-0.25, -0.2) is 0 Å². The van der Waals surface area contributed by atoms with Gasteiger partial charge < -0.3 is 31.0 Å². The minimum absolute atomic E-state index is 0.0523. The normalized spacial score (nSPS) is 14.1. The van der Waals surface area contributed by atoms with Gasteiger partial charge in [-0.05, 0) is 40.9 Å². The fraction of sp³-hybridized carbons (Fsp3) is 0.333. The average molecular weight is 563 g/mol. The van der Waals surface area contributed by atoms with E-state index in [1.54, 1.807) is 32.6 Å². The molecule has 0 aromatic heterocycles. The number of nitrogens with one attached hydrogen (secondary N) is 4. The summed E-state index contributed by atoms with van der Waals surface area (Å²) >= 11 is 0. The van der Waals surface area contributed by atoms with E-state index in [1.807, 2.05) is 36.4 Å². The standard InChI is InChI=1S/C27H34N8O4Si/c1-38-21-10-6-19(7-11-21)23(14-15-40(3,4)5)31-26(37)18-35-30-16-24(33-35)27(32-25(36)17-29-34-28)20-8-12-22(39-2)13-9-20/h6-13,16,23,27,30,33H,17-18H2,1-5H3,(H,31,37)(H,32,36). The second-order valence-corrected chi connectivity index (χ2v) is 14.6. The first-order valence-electron chi connectivity index (χ1n) is 12.5. The molecule has 2 unspecified atom stereocenters. The highest BCUT2D eigenvalue weighted by Crippen LogP contribution is 2.24. The van der Waals surface area contributed by atoms with Gasteiger partial charge in [-0.3, -0.25) is 9.59 Å². The van der Waals surface area contributed by atoms with Gasteiger partial charge in [0.15, 0.2) is 0 Å². The van der Waals surface area contributed by atoms with Crippen molar-refractivity contribution in [3.8, 4) is 23.0 Å². The first-order valence-corrected chi connectivity index (χ1v) is 16.0. The number of hydrazine groups is 2. The van der Waals surface area contributed by atoms with Gasteiger partial charge in [0.25, 0.3) is 0 Å². The topological polar surface area (TPSA) is 153 Å². The molecule has 40 heavy (non-hydrogen) atoms. The van der Waals surface area contributed by atoms with Crippen LogP contribution in [0.15, 0.2) is 65.5 Å². The lowest BCUT2D eigenvalue weighted by Gasteiger charge is -2.24. The molecule has 0 bridgehead atoms. The van der Waals surface area contributed by atoms with Crippen LogP contribution in [0, 0.1) is 11.5 Å². The molecular formula is C27H34N8O4Si. The van der Waals surface area contributed by atoms with Crippen molar-refractivity contribution in [1.82, 2.24) is 26.6 Å². The van der Waals surface area contributed by atoms with Gasteiger partial charge in [0, 0.05) is 11.1 Å². The molecule has 0 saturated heterocycles. The van der Waals surface area contributed by atoms with E-state index in [9.17, 15) is 9.59 Å². The molecule has 2 amide bonds. The van der Waals surface area contributed by atoms with E-state index < -0.39 is 26.1 Å². The Morgan fingerprint density at radius 3 is 2.15 bits per heavy atom. The Morgan fingerprint density at radius 2 is 1.60 bits per heavy atom. The van der Waals surface area contributed by atoms with Crippen molar-refractivity contribution in [3.05, 3.63) is 82.0 Å². The van der Waals surface area contributed by atoms with Crippen LogP contribution in [0.2, 0.25) is 19.6 Å². The Labute approximate surface area is 234 Å². The number of ether oxygens (including phenoxy) is 2. The van der Waals surface area contributed by atoms with Gasteiger partial charge in [-0.15, -0.1) is 10.7 Å². The molecule has 4 N–H and O–H groups in total. The number of nitrogens with zero attached hydrogens (tertiary/aromatic N) is 4. The highest BCUT2D eigenvalue weighted by atomic mass is 28.3. The van der Waals surface area contributed by atoms with Gasteiger partial charge in [-0.1, -0.05) is 54.9 Å². The van der Waals surface area contributed by atoms with Crippen LogP contribution in [0.3, 0.4) is 0 Å². The summed E-state index contributed by atoms with van der Waals surface area (Å²) in [5, 5.41) is 10.7. The summed E-state index contributed by atoms with van der Waals surface area (Å²) in [6.45, 7) is 6.03. The smallest absolute Gasteiger partial charge is 0.239 e.